The predicted molar refractivity (Wildman–Crippen MR) is 99.3 cm³/mol. The number of hydrogen-bond acceptors (Lipinski definition) is 6. The maximum absolute atomic E-state index is 12.3. The molecular formula is C18H31NO6Si. The minimum absolute atomic E-state index is 0.0209. The van der Waals surface area contributed by atoms with Gasteiger partial charge in [0.1, 0.15) is 18.2 Å². The minimum Gasteiger partial charge on any atom is -0.443 e. The van der Waals surface area contributed by atoms with Crippen molar-refractivity contribution in [2.45, 2.75) is 77.2 Å². The molecule has 0 radical (unpaired) electrons. The highest BCUT2D eigenvalue weighted by Gasteiger charge is 2.57. The van der Waals surface area contributed by atoms with Gasteiger partial charge in [-0.2, -0.15) is 0 Å². The minimum atomic E-state index is -2.15. The van der Waals surface area contributed by atoms with Crippen molar-refractivity contribution in [3.05, 3.63) is 12.2 Å². The summed E-state index contributed by atoms with van der Waals surface area (Å²) >= 11 is 0. The van der Waals surface area contributed by atoms with Gasteiger partial charge in [-0.1, -0.05) is 32.9 Å². The van der Waals surface area contributed by atoms with Gasteiger partial charge in [-0.15, -0.1) is 0 Å². The van der Waals surface area contributed by atoms with Crippen LogP contribution in [0.5, 0.6) is 0 Å². The van der Waals surface area contributed by atoms with Gasteiger partial charge in [0.25, 0.3) is 5.79 Å². The highest BCUT2D eigenvalue weighted by molar-refractivity contribution is 6.74. The molecular weight excluding hydrogens is 354 g/mol. The molecule has 0 aromatic carbocycles. The van der Waals surface area contributed by atoms with Gasteiger partial charge in [-0.3, -0.25) is 0 Å². The number of nitrogens with zero attached hydrogens (tertiary/aromatic N) is 1. The van der Waals surface area contributed by atoms with Gasteiger partial charge in [0, 0.05) is 0 Å². The molecule has 0 N–H and O–H groups in total. The fraction of sp³-hybridized carbons (Fsp3) is 0.778. The van der Waals surface area contributed by atoms with Crippen molar-refractivity contribution in [1.29, 1.82) is 0 Å². The second-order valence-corrected chi connectivity index (χ2v) is 14.0. The smallest absolute Gasteiger partial charge is 0.422 e. The number of carbonyl (C=O) groups excluding carboxylic acids is 2. The van der Waals surface area contributed by atoms with Crippen molar-refractivity contribution in [3.8, 4) is 0 Å². The summed E-state index contributed by atoms with van der Waals surface area (Å²) in [5.41, 5.74) is -0.711. The third-order valence-corrected chi connectivity index (χ3v) is 9.32. The van der Waals surface area contributed by atoms with Crippen LogP contribution in [0.3, 0.4) is 0 Å². The molecule has 1 spiro atoms. The van der Waals surface area contributed by atoms with E-state index in [1.54, 1.807) is 20.8 Å². The van der Waals surface area contributed by atoms with Gasteiger partial charge >= 0.3 is 12.2 Å². The summed E-state index contributed by atoms with van der Waals surface area (Å²) in [7, 11) is -2.15. The fourth-order valence-electron chi connectivity index (χ4n) is 2.42. The Balaban J connectivity index is 2.23. The Hall–Kier alpha value is -1.38. The molecule has 2 rings (SSSR count). The number of imide groups is 1. The van der Waals surface area contributed by atoms with Crippen LogP contribution in [0.15, 0.2) is 12.2 Å². The zero-order valence-electron chi connectivity index (χ0n) is 17.0. The summed E-state index contributed by atoms with van der Waals surface area (Å²) in [5.74, 6) is -1.34. The predicted octanol–water partition coefficient (Wildman–Crippen LogP) is 4.05. The van der Waals surface area contributed by atoms with Crippen LogP contribution in [0.4, 0.5) is 9.59 Å². The molecule has 8 heteroatoms. The SMILES string of the molecule is CC(C)(C)OC(=O)N1C[C@]2(OCC=C[C@@H]2O[Si](C)(C)C(C)(C)C)OC1=O. The summed E-state index contributed by atoms with van der Waals surface area (Å²) in [6, 6.07) is 0. The van der Waals surface area contributed by atoms with E-state index in [1.165, 1.54) is 0 Å². The molecule has 148 valence electrons. The molecule has 0 saturated carbocycles. The second-order valence-electron chi connectivity index (χ2n) is 9.28. The van der Waals surface area contributed by atoms with E-state index < -0.39 is 38.0 Å². The van der Waals surface area contributed by atoms with Gasteiger partial charge in [-0.25, -0.2) is 14.5 Å². The Labute approximate surface area is 156 Å². The van der Waals surface area contributed by atoms with E-state index in [1.807, 2.05) is 12.2 Å². The van der Waals surface area contributed by atoms with E-state index in [4.69, 9.17) is 18.6 Å². The van der Waals surface area contributed by atoms with E-state index >= 15 is 0 Å². The van der Waals surface area contributed by atoms with Crippen molar-refractivity contribution >= 4 is 20.5 Å². The number of hydrogen-bond donors (Lipinski definition) is 0. The van der Waals surface area contributed by atoms with E-state index in [2.05, 4.69) is 33.9 Å². The van der Waals surface area contributed by atoms with Crippen LogP contribution in [-0.4, -0.2) is 56.0 Å². The molecule has 2 aliphatic heterocycles. The molecule has 26 heavy (non-hydrogen) atoms. The molecule has 2 heterocycles. The van der Waals surface area contributed by atoms with Crippen LogP contribution in [-0.2, 0) is 18.6 Å². The maximum Gasteiger partial charge on any atom is 0.422 e. The second kappa shape index (κ2) is 6.65. The van der Waals surface area contributed by atoms with Gasteiger partial charge in [0.2, 0.25) is 0 Å². The first-order valence-corrected chi connectivity index (χ1v) is 11.8. The fourth-order valence-corrected chi connectivity index (χ4v) is 3.67. The Bertz CT molecular complexity index is 604. The highest BCUT2D eigenvalue weighted by Crippen LogP contribution is 2.41. The van der Waals surface area contributed by atoms with Crippen molar-refractivity contribution in [2.75, 3.05) is 13.2 Å². The Morgan fingerprint density at radius 1 is 1.27 bits per heavy atom. The van der Waals surface area contributed by atoms with Crippen molar-refractivity contribution in [1.82, 2.24) is 4.90 Å². The van der Waals surface area contributed by atoms with E-state index in [0.717, 1.165) is 4.90 Å². The number of amides is 2. The molecule has 1 fully saturated rings. The van der Waals surface area contributed by atoms with Crippen molar-refractivity contribution < 1.29 is 28.2 Å². The van der Waals surface area contributed by atoms with Crippen LogP contribution in [0.1, 0.15) is 41.5 Å². The number of rotatable bonds is 2. The van der Waals surface area contributed by atoms with Gasteiger partial charge in [0.15, 0.2) is 8.32 Å². The zero-order chi connectivity index (χ0) is 20.0. The average molecular weight is 386 g/mol. The standard InChI is InChI=1S/C18H31NO6Si/c1-16(2,3)23-14(20)19-12-18(24-15(19)21)13(10-9-11-22-18)25-26(7,8)17(4,5)6/h9-10,13H,11-12H2,1-8H3/t13-,18-/m0/s1. The third-order valence-electron chi connectivity index (χ3n) is 4.87. The van der Waals surface area contributed by atoms with Gasteiger partial charge in [0.05, 0.1) is 6.61 Å². The molecule has 0 aromatic heterocycles. The summed E-state index contributed by atoms with van der Waals surface area (Å²) in [4.78, 5) is 25.6. The Morgan fingerprint density at radius 3 is 2.42 bits per heavy atom. The summed E-state index contributed by atoms with van der Waals surface area (Å²) in [5, 5.41) is -0.0209. The van der Waals surface area contributed by atoms with E-state index in [-0.39, 0.29) is 18.2 Å². The largest absolute Gasteiger partial charge is 0.443 e. The van der Waals surface area contributed by atoms with Crippen LogP contribution in [0, 0.1) is 0 Å². The molecule has 0 unspecified atom stereocenters. The van der Waals surface area contributed by atoms with Crippen molar-refractivity contribution in [3.63, 3.8) is 0 Å². The van der Waals surface area contributed by atoms with Gasteiger partial charge in [-0.05, 0) is 38.9 Å². The van der Waals surface area contributed by atoms with E-state index in [0.29, 0.717) is 0 Å². The van der Waals surface area contributed by atoms with Crippen molar-refractivity contribution in [2.24, 2.45) is 0 Å². The third kappa shape index (κ3) is 4.29. The van der Waals surface area contributed by atoms with Crippen LogP contribution < -0.4 is 0 Å². The first kappa shape index (κ1) is 20.9. The average Bonchev–Trinajstić information content (AvgIpc) is 2.76. The first-order valence-electron chi connectivity index (χ1n) is 8.89. The molecule has 2 amide bonds. The zero-order valence-corrected chi connectivity index (χ0v) is 18.0. The summed E-state index contributed by atoms with van der Waals surface area (Å²) in [6.45, 7) is 16.1. The van der Waals surface area contributed by atoms with Crippen LogP contribution in [0.25, 0.3) is 0 Å². The normalized spacial score (nSPS) is 27.0. The lowest BCUT2D eigenvalue weighted by molar-refractivity contribution is -0.217. The van der Waals surface area contributed by atoms with Gasteiger partial charge < -0.3 is 18.6 Å². The summed E-state index contributed by atoms with van der Waals surface area (Å²) < 4.78 is 23.0. The molecule has 0 aromatic rings. The molecule has 7 nitrogen and oxygen atoms in total. The summed E-state index contributed by atoms with van der Waals surface area (Å²) in [6.07, 6.45) is 1.60. The van der Waals surface area contributed by atoms with Crippen LogP contribution in [0.2, 0.25) is 18.1 Å². The monoisotopic (exact) mass is 385 g/mol. The molecule has 2 aliphatic rings. The first-order chi connectivity index (χ1) is 11.7. The Kier molecular flexibility index (Phi) is 5.35. The molecule has 0 bridgehead atoms. The maximum atomic E-state index is 12.3. The lowest BCUT2D eigenvalue weighted by Crippen LogP contribution is -2.56. The lowest BCUT2D eigenvalue weighted by atomic mass is 10.1. The molecule has 2 atom stereocenters. The highest BCUT2D eigenvalue weighted by atomic mass is 28.4. The molecule has 1 saturated heterocycles. The quantitative estimate of drug-likeness (QED) is 0.527. The number of ether oxygens (including phenoxy) is 3. The Morgan fingerprint density at radius 2 is 1.88 bits per heavy atom. The van der Waals surface area contributed by atoms with E-state index in [9.17, 15) is 9.59 Å². The molecule has 0 aliphatic carbocycles. The number of carbonyl (C=O) groups is 2. The van der Waals surface area contributed by atoms with Crippen LogP contribution >= 0.6 is 0 Å². The topological polar surface area (TPSA) is 74.3 Å². The lowest BCUT2D eigenvalue weighted by Gasteiger charge is -2.43.